The highest BCUT2D eigenvalue weighted by molar-refractivity contribution is 7.14. The summed E-state index contributed by atoms with van der Waals surface area (Å²) in [7, 11) is 1.62. The van der Waals surface area contributed by atoms with E-state index in [4.69, 9.17) is 27.9 Å². The molecule has 0 radical (unpaired) electrons. The first-order valence-corrected chi connectivity index (χ1v) is 7.49. The van der Waals surface area contributed by atoms with Crippen molar-refractivity contribution in [2.24, 2.45) is 0 Å². The number of aromatic nitrogens is 2. The van der Waals surface area contributed by atoms with Gasteiger partial charge in [0.15, 0.2) is 5.82 Å². The van der Waals surface area contributed by atoms with Gasteiger partial charge in [-0.1, -0.05) is 23.2 Å². The van der Waals surface area contributed by atoms with Crippen molar-refractivity contribution in [3.05, 3.63) is 39.3 Å². The van der Waals surface area contributed by atoms with Gasteiger partial charge in [0, 0.05) is 5.39 Å². The lowest BCUT2D eigenvalue weighted by Crippen LogP contribution is -1.94. The van der Waals surface area contributed by atoms with Gasteiger partial charge in [-0.15, -0.1) is 11.3 Å². The molecule has 3 nitrogen and oxygen atoms in total. The van der Waals surface area contributed by atoms with Crippen molar-refractivity contribution in [1.82, 2.24) is 9.97 Å². The number of methoxy groups -OCH3 is 1. The smallest absolute Gasteiger partial charge is 0.173 e. The summed E-state index contributed by atoms with van der Waals surface area (Å²) in [6.07, 6.45) is 0. The molecule has 0 unspecified atom stereocenters. The number of ether oxygens (including phenoxy) is 1. The van der Waals surface area contributed by atoms with Gasteiger partial charge in [-0.25, -0.2) is 9.97 Å². The number of benzene rings is 1. The highest BCUT2D eigenvalue weighted by atomic mass is 35.5. The van der Waals surface area contributed by atoms with Gasteiger partial charge < -0.3 is 4.74 Å². The molecule has 0 bridgehead atoms. The first-order valence-electron chi connectivity index (χ1n) is 5.85. The summed E-state index contributed by atoms with van der Waals surface area (Å²) in [5, 5.41) is 3.72. The Labute approximate surface area is 130 Å². The van der Waals surface area contributed by atoms with E-state index in [0.29, 0.717) is 16.0 Å². The summed E-state index contributed by atoms with van der Waals surface area (Å²) in [6, 6.07) is 5.58. The molecule has 102 valence electrons. The molecule has 6 heteroatoms. The molecule has 0 aliphatic heterocycles. The minimum absolute atomic E-state index is 0.400. The van der Waals surface area contributed by atoms with Crippen LogP contribution in [0.5, 0.6) is 5.75 Å². The van der Waals surface area contributed by atoms with Crippen molar-refractivity contribution in [2.45, 2.75) is 6.92 Å². The van der Waals surface area contributed by atoms with Crippen LogP contribution in [-0.2, 0) is 0 Å². The number of rotatable bonds is 2. The molecule has 2 aromatic heterocycles. The number of halogens is 2. The highest BCUT2D eigenvalue weighted by Crippen LogP contribution is 2.35. The number of thiophene rings is 1. The molecule has 0 aliphatic carbocycles. The predicted molar refractivity (Wildman–Crippen MR) is 84.2 cm³/mol. The van der Waals surface area contributed by atoms with Crippen LogP contribution in [0.1, 0.15) is 5.56 Å². The van der Waals surface area contributed by atoms with Crippen LogP contribution in [0.25, 0.3) is 21.6 Å². The van der Waals surface area contributed by atoms with E-state index >= 15 is 0 Å². The van der Waals surface area contributed by atoms with E-state index in [1.165, 1.54) is 11.3 Å². The average molecular weight is 325 g/mol. The molecule has 0 aliphatic rings. The fourth-order valence-corrected chi connectivity index (χ4v) is 3.31. The second-order valence-corrected chi connectivity index (χ2v) is 5.96. The molecule has 0 saturated heterocycles. The lowest BCUT2D eigenvalue weighted by atomic mass is 10.1. The summed E-state index contributed by atoms with van der Waals surface area (Å²) in [4.78, 5) is 9.76. The minimum atomic E-state index is 0.400. The Bertz CT molecular complexity index is 801. The Balaban J connectivity index is 2.30. The summed E-state index contributed by atoms with van der Waals surface area (Å²) in [6.45, 7) is 1.97. The number of fused-ring (bicyclic) bond motifs is 1. The monoisotopic (exact) mass is 324 g/mol. The number of hydrogen-bond donors (Lipinski definition) is 0. The van der Waals surface area contributed by atoms with Crippen molar-refractivity contribution in [3.8, 4) is 16.5 Å². The quantitative estimate of drug-likeness (QED) is 0.623. The van der Waals surface area contributed by atoms with E-state index in [2.05, 4.69) is 9.97 Å². The third kappa shape index (κ3) is 2.24. The third-order valence-corrected chi connectivity index (χ3v) is 4.60. The molecule has 2 heterocycles. The Kier molecular flexibility index (Phi) is 3.54. The molecule has 0 atom stereocenters. The first kappa shape index (κ1) is 13.6. The lowest BCUT2D eigenvalue weighted by molar-refractivity contribution is 0.415. The first-order chi connectivity index (χ1) is 9.60. The van der Waals surface area contributed by atoms with Gasteiger partial charge in [-0.3, -0.25) is 0 Å². The van der Waals surface area contributed by atoms with Crippen molar-refractivity contribution in [1.29, 1.82) is 0 Å². The standard InChI is InChI=1S/C14H10Cl2N2OS/c1-7-5-8(19-2)6-9-11(7)17-14(18-13(9)16)12-10(15)3-4-20-12/h3-6H,1-2H3. The maximum Gasteiger partial charge on any atom is 0.173 e. The molecular weight excluding hydrogens is 315 g/mol. The molecule has 0 fully saturated rings. The Hall–Kier alpha value is -1.36. The Morgan fingerprint density at radius 3 is 2.65 bits per heavy atom. The molecule has 1 aromatic carbocycles. The zero-order chi connectivity index (χ0) is 14.3. The van der Waals surface area contributed by atoms with Gasteiger partial charge in [0.2, 0.25) is 0 Å². The predicted octanol–water partition coefficient (Wildman–Crippen LogP) is 4.98. The van der Waals surface area contributed by atoms with E-state index in [1.807, 2.05) is 30.5 Å². The van der Waals surface area contributed by atoms with Crippen LogP contribution in [0.3, 0.4) is 0 Å². The number of aryl methyl sites for hydroxylation is 1. The maximum absolute atomic E-state index is 6.29. The fourth-order valence-electron chi connectivity index (χ4n) is 2.01. The zero-order valence-electron chi connectivity index (χ0n) is 10.8. The number of nitrogens with zero attached hydrogens (tertiary/aromatic N) is 2. The summed E-state index contributed by atoms with van der Waals surface area (Å²) < 4.78 is 5.25. The van der Waals surface area contributed by atoms with Crippen molar-refractivity contribution < 1.29 is 4.74 Å². The average Bonchev–Trinajstić information content (AvgIpc) is 2.85. The summed E-state index contributed by atoms with van der Waals surface area (Å²) in [5.74, 6) is 1.29. The van der Waals surface area contributed by atoms with Crippen LogP contribution in [0.15, 0.2) is 23.6 Å². The molecule has 20 heavy (non-hydrogen) atoms. The number of hydrogen-bond acceptors (Lipinski definition) is 4. The van der Waals surface area contributed by atoms with Crippen LogP contribution in [0, 0.1) is 6.92 Å². The Morgan fingerprint density at radius 1 is 1.20 bits per heavy atom. The van der Waals surface area contributed by atoms with Gasteiger partial charge >= 0.3 is 0 Å². The van der Waals surface area contributed by atoms with Crippen molar-refractivity contribution >= 4 is 45.4 Å². The zero-order valence-corrected chi connectivity index (χ0v) is 13.1. The van der Waals surface area contributed by atoms with Crippen LogP contribution in [0.4, 0.5) is 0 Å². The second-order valence-electron chi connectivity index (χ2n) is 4.28. The van der Waals surface area contributed by atoms with E-state index in [0.717, 1.165) is 27.1 Å². The van der Waals surface area contributed by atoms with E-state index in [9.17, 15) is 0 Å². The fraction of sp³-hybridized carbons (Fsp3) is 0.143. The topological polar surface area (TPSA) is 35.0 Å². The van der Waals surface area contributed by atoms with E-state index < -0.39 is 0 Å². The minimum Gasteiger partial charge on any atom is -0.497 e. The molecule has 0 spiro atoms. The van der Waals surface area contributed by atoms with Crippen molar-refractivity contribution in [3.63, 3.8) is 0 Å². The van der Waals surface area contributed by atoms with Crippen LogP contribution >= 0.6 is 34.5 Å². The van der Waals surface area contributed by atoms with E-state index in [-0.39, 0.29) is 0 Å². The van der Waals surface area contributed by atoms with Crippen LogP contribution in [-0.4, -0.2) is 17.1 Å². The van der Waals surface area contributed by atoms with Gasteiger partial charge in [0.25, 0.3) is 0 Å². The molecule has 3 rings (SSSR count). The van der Waals surface area contributed by atoms with Gasteiger partial charge in [-0.2, -0.15) is 0 Å². The van der Waals surface area contributed by atoms with Gasteiger partial charge in [-0.05, 0) is 36.1 Å². The van der Waals surface area contributed by atoms with Gasteiger partial charge in [0.05, 0.1) is 22.5 Å². The van der Waals surface area contributed by atoms with E-state index in [1.54, 1.807) is 7.11 Å². The van der Waals surface area contributed by atoms with Crippen LogP contribution < -0.4 is 4.74 Å². The molecular formula is C14H10Cl2N2OS. The maximum atomic E-state index is 6.29. The largest absolute Gasteiger partial charge is 0.497 e. The van der Waals surface area contributed by atoms with Crippen molar-refractivity contribution in [2.75, 3.05) is 7.11 Å². The SMILES string of the molecule is COc1cc(C)c2nc(-c3sccc3Cl)nc(Cl)c2c1. The van der Waals surface area contributed by atoms with Crippen LogP contribution in [0.2, 0.25) is 10.2 Å². The highest BCUT2D eigenvalue weighted by Gasteiger charge is 2.14. The normalized spacial score (nSPS) is 11.0. The Morgan fingerprint density at radius 2 is 2.00 bits per heavy atom. The summed E-state index contributed by atoms with van der Waals surface area (Å²) in [5.41, 5.74) is 1.79. The lowest BCUT2D eigenvalue weighted by Gasteiger charge is -2.08. The molecule has 0 amide bonds. The molecule has 3 aromatic rings. The summed E-state index contributed by atoms with van der Waals surface area (Å²) >= 11 is 13.9. The second kappa shape index (κ2) is 5.20. The van der Waals surface area contributed by atoms with Gasteiger partial charge in [0.1, 0.15) is 10.9 Å². The third-order valence-electron chi connectivity index (χ3n) is 2.97. The molecule has 0 saturated carbocycles. The molecule has 0 N–H and O–H groups in total.